The van der Waals surface area contributed by atoms with Crippen LogP contribution in [0.1, 0.15) is 5.69 Å². The van der Waals surface area contributed by atoms with Crippen LogP contribution in [0.3, 0.4) is 0 Å². The van der Waals surface area contributed by atoms with E-state index in [-0.39, 0.29) is 0 Å². The number of aromatic nitrogens is 1. The van der Waals surface area contributed by atoms with Gasteiger partial charge in [0.25, 0.3) is 0 Å². The molecule has 2 heteroatoms. The minimum Gasteiger partial charge on any atom is -0.378 e. The smallest absolute Gasteiger partial charge is 0.0481 e. The van der Waals surface area contributed by atoms with Gasteiger partial charge in [0, 0.05) is 43.4 Å². The molecule has 0 spiro atoms. The first-order valence-electron chi connectivity index (χ1n) is 4.83. The largest absolute Gasteiger partial charge is 0.378 e. The molecule has 0 amide bonds. The molecule has 0 saturated heterocycles. The average molecular weight is 188 g/mol. The van der Waals surface area contributed by atoms with Crippen LogP contribution in [0.4, 0.5) is 5.69 Å². The van der Waals surface area contributed by atoms with E-state index in [0.29, 0.717) is 0 Å². The van der Waals surface area contributed by atoms with Gasteiger partial charge in [0.15, 0.2) is 0 Å². The van der Waals surface area contributed by atoms with E-state index in [1.807, 2.05) is 0 Å². The molecule has 0 N–H and O–H groups in total. The van der Waals surface area contributed by atoms with Crippen molar-refractivity contribution in [3.05, 3.63) is 30.0 Å². The fourth-order valence-electron chi connectivity index (χ4n) is 1.75. The highest BCUT2D eigenvalue weighted by Gasteiger charge is 2.03. The molecule has 0 aliphatic rings. The fraction of sp³-hybridized carbons (Fsp3) is 0.333. The van der Waals surface area contributed by atoms with Crippen LogP contribution in [0.2, 0.25) is 0 Å². The van der Waals surface area contributed by atoms with Crippen LogP contribution in [-0.2, 0) is 7.05 Å². The van der Waals surface area contributed by atoms with E-state index in [4.69, 9.17) is 0 Å². The second-order valence-corrected chi connectivity index (χ2v) is 3.98. The molecular weight excluding hydrogens is 172 g/mol. The molecule has 74 valence electrons. The summed E-state index contributed by atoms with van der Waals surface area (Å²) >= 11 is 0. The molecule has 0 aliphatic heterocycles. The van der Waals surface area contributed by atoms with Gasteiger partial charge in [-0.05, 0) is 31.2 Å². The second-order valence-electron chi connectivity index (χ2n) is 3.98. The number of nitrogens with zero attached hydrogens (tertiary/aromatic N) is 2. The molecule has 2 rings (SSSR count). The molecular formula is C12H16N2. The third-order valence-electron chi connectivity index (χ3n) is 2.78. The van der Waals surface area contributed by atoms with Crippen molar-refractivity contribution in [2.75, 3.05) is 19.0 Å². The SMILES string of the molecule is Cc1cc2cc(N(C)C)ccc2n1C. The van der Waals surface area contributed by atoms with Gasteiger partial charge in [0.05, 0.1) is 0 Å². The van der Waals surface area contributed by atoms with Gasteiger partial charge in [-0.3, -0.25) is 0 Å². The molecule has 1 heterocycles. The van der Waals surface area contributed by atoms with Crippen molar-refractivity contribution < 1.29 is 0 Å². The highest BCUT2D eigenvalue weighted by atomic mass is 15.1. The van der Waals surface area contributed by atoms with Gasteiger partial charge in [0.1, 0.15) is 0 Å². The maximum Gasteiger partial charge on any atom is 0.0481 e. The first-order valence-corrected chi connectivity index (χ1v) is 4.83. The van der Waals surface area contributed by atoms with Crippen LogP contribution < -0.4 is 4.90 Å². The minimum atomic E-state index is 1.25. The van der Waals surface area contributed by atoms with Gasteiger partial charge in [-0.2, -0.15) is 0 Å². The summed E-state index contributed by atoms with van der Waals surface area (Å²) < 4.78 is 2.22. The predicted octanol–water partition coefficient (Wildman–Crippen LogP) is 2.55. The number of rotatable bonds is 1. The zero-order valence-electron chi connectivity index (χ0n) is 9.20. The predicted molar refractivity (Wildman–Crippen MR) is 62.0 cm³/mol. The van der Waals surface area contributed by atoms with Gasteiger partial charge in [0.2, 0.25) is 0 Å². The Morgan fingerprint density at radius 1 is 1.14 bits per heavy atom. The van der Waals surface area contributed by atoms with Crippen LogP contribution in [0.25, 0.3) is 10.9 Å². The minimum absolute atomic E-state index is 1.25. The molecule has 0 unspecified atom stereocenters. The normalized spacial score (nSPS) is 10.9. The third kappa shape index (κ3) is 1.27. The van der Waals surface area contributed by atoms with Crippen molar-refractivity contribution in [2.24, 2.45) is 7.05 Å². The lowest BCUT2D eigenvalue weighted by Crippen LogP contribution is -2.07. The Bertz CT molecular complexity index is 466. The summed E-state index contributed by atoms with van der Waals surface area (Å²) in [4.78, 5) is 2.13. The van der Waals surface area contributed by atoms with E-state index in [9.17, 15) is 0 Å². The topological polar surface area (TPSA) is 8.17 Å². The summed E-state index contributed by atoms with van der Waals surface area (Å²) in [5.74, 6) is 0. The highest BCUT2D eigenvalue weighted by molar-refractivity contribution is 5.84. The number of fused-ring (bicyclic) bond motifs is 1. The van der Waals surface area contributed by atoms with Gasteiger partial charge < -0.3 is 9.47 Å². The Balaban J connectivity index is 2.67. The Morgan fingerprint density at radius 3 is 2.50 bits per heavy atom. The summed E-state index contributed by atoms with van der Waals surface area (Å²) in [5, 5.41) is 1.32. The lowest BCUT2D eigenvalue weighted by molar-refractivity contribution is 0.918. The van der Waals surface area contributed by atoms with Crippen molar-refractivity contribution in [1.29, 1.82) is 0 Å². The summed E-state index contributed by atoms with van der Waals surface area (Å²) in [5.41, 5.74) is 3.85. The first kappa shape index (κ1) is 9.13. The lowest BCUT2D eigenvalue weighted by Gasteiger charge is -2.12. The van der Waals surface area contributed by atoms with E-state index in [2.05, 4.69) is 61.8 Å². The molecule has 2 nitrogen and oxygen atoms in total. The molecule has 0 bridgehead atoms. The molecule has 0 aliphatic carbocycles. The van der Waals surface area contributed by atoms with Crippen LogP contribution in [0.15, 0.2) is 24.3 Å². The molecule has 14 heavy (non-hydrogen) atoms. The lowest BCUT2D eigenvalue weighted by atomic mass is 10.2. The Kier molecular flexibility index (Phi) is 1.99. The Morgan fingerprint density at radius 2 is 1.86 bits per heavy atom. The number of anilines is 1. The Hall–Kier alpha value is -1.44. The van der Waals surface area contributed by atoms with Crippen molar-refractivity contribution in [3.8, 4) is 0 Å². The fourth-order valence-corrected chi connectivity index (χ4v) is 1.75. The van der Waals surface area contributed by atoms with Crippen LogP contribution in [-0.4, -0.2) is 18.7 Å². The van der Waals surface area contributed by atoms with E-state index < -0.39 is 0 Å². The van der Waals surface area contributed by atoms with Crippen molar-refractivity contribution in [1.82, 2.24) is 4.57 Å². The van der Waals surface area contributed by atoms with Gasteiger partial charge in [-0.25, -0.2) is 0 Å². The summed E-state index contributed by atoms with van der Waals surface area (Å²) in [6, 6.07) is 8.78. The van der Waals surface area contributed by atoms with E-state index in [1.165, 1.54) is 22.3 Å². The van der Waals surface area contributed by atoms with Gasteiger partial charge >= 0.3 is 0 Å². The first-order chi connectivity index (χ1) is 6.59. The monoisotopic (exact) mass is 188 g/mol. The van der Waals surface area contributed by atoms with Gasteiger partial charge in [-0.1, -0.05) is 0 Å². The Labute approximate surface area is 84.8 Å². The molecule has 2 aromatic rings. The molecule has 0 fully saturated rings. The second kappa shape index (κ2) is 3.05. The zero-order valence-corrected chi connectivity index (χ0v) is 9.20. The van der Waals surface area contributed by atoms with Crippen molar-refractivity contribution in [2.45, 2.75) is 6.92 Å². The molecule has 1 aromatic carbocycles. The average Bonchev–Trinajstić information content (AvgIpc) is 2.42. The number of aryl methyl sites for hydroxylation is 2. The number of hydrogen-bond acceptors (Lipinski definition) is 1. The maximum absolute atomic E-state index is 2.22. The maximum atomic E-state index is 2.22. The van der Waals surface area contributed by atoms with E-state index >= 15 is 0 Å². The van der Waals surface area contributed by atoms with Crippen molar-refractivity contribution >= 4 is 16.6 Å². The number of benzene rings is 1. The molecule has 0 atom stereocenters. The van der Waals surface area contributed by atoms with Crippen LogP contribution in [0, 0.1) is 6.92 Å². The van der Waals surface area contributed by atoms with Gasteiger partial charge in [-0.15, -0.1) is 0 Å². The molecule has 0 saturated carbocycles. The van der Waals surface area contributed by atoms with E-state index in [1.54, 1.807) is 0 Å². The summed E-state index contributed by atoms with van der Waals surface area (Å²) in [6.45, 7) is 2.13. The molecule has 1 aromatic heterocycles. The van der Waals surface area contributed by atoms with Crippen LogP contribution in [0.5, 0.6) is 0 Å². The quantitative estimate of drug-likeness (QED) is 0.667. The zero-order chi connectivity index (χ0) is 10.3. The standard InChI is InChI=1S/C12H16N2/c1-9-7-10-8-11(13(2)3)5-6-12(10)14(9)4/h5-8H,1-4H3. The van der Waals surface area contributed by atoms with Crippen molar-refractivity contribution in [3.63, 3.8) is 0 Å². The number of hydrogen-bond donors (Lipinski definition) is 0. The van der Waals surface area contributed by atoms with Crippen LogP contribution >= 0.6 is 0 Å². The van der Waals surface area contributed by atoms with E-state index in [0.717, 1.165) is 0 Å². The highest BCUT2D eigenvalue weighted by Crippen LogP contribution is 2.23. The molecule has 0 radical (unpaired) electrons. The summed E-state index contributed by atoms with van der Waals surface area (Å²) in [6.07, 6.45) is 0. The summed E-state index contributed by atoms with van der Waals surface area (Å²) in [7, 11) is 6.24. The third-order valence-corrected chi connectivity index (χ3v) is 2.78.